The van der Waals surface area contributed by atoms with E-state index in [0.29, 0.717) is 17.3 Å². The van der Waals surface area contributed by atoms with Gasteiger partial charge < -0.3 is 14.0 Å². The third-order valence-corrected chi connectivity index (χ3v) is 4.64. The van der Waals surface area contributed by atoms with Crippen LogP contribution >= 0.6 is 11.6 Å². The number of fused-ring (bicyclic) bond motifs is 1. The van der Waals surface area contributed by atoms with Crippen molar-refractivity contribution in [3.05, 3.63) is 52.8 Å². The van der Waals surface area contributed by atoms with E-state index in [0.717, 1.165) is 11.0 Å². The Bertz CT molecular complexity index is 1090. The Labute approximate surface area is 179 Å². The number of imidazole rings is 1. The van der Waals surface area contributed by atoms with Crippen LogP contribution in [0.4, 0.5) is 0 Å². The van der Waals surface area contributed by atoms with Gasteiger partial charge >= 0.3 is 0 Å². The first-order chi connectivity index (χ1) is 14.3. The largest absolute Gasteiger partial charge is 0.493 e. The molecule has 1 heterocycles. The summed E-state index contributed by atoms with van der Waals surface area (Å²) >= 11 is 6.24. The number of halogens is 1. The van der Waals surface area contributed by atoms with Crippen LogP contribution in [0.2, 0.25) is 5.02 Å². The SMILES string of the molecule is COc1cc(C(=O)NNC(=O)Cc2nc3ccccc3n2C)cc(Cl)c1OC(C)C. The van der Waals surface area contributed by atoms with Gasteiger partial charge in [0, 0.05) is 12.6 Å². The number of ether oxygens (including phenoxy) is 2. The molecule has 1 aromatic heterocycles. The summed E-state index contributed by atoms with van der Waals surface area (Å²) in [5.41, 5.74) is 6.73. The van der Waals surface area contributed by atoms with E-state index in [-0.39, 0.29) is 23.1 Å². The lowest BCUT2D eigenvalue weighted by molar-refractivity contribution is -0.121. The molecule has 3 aromatic rings. The molecule has 0 saturated heterocycles. The predicted octanol–water partition coefficient (Wildman–Crippen LogP) is 3.03. The van der Waals surface area contributed by atoms with E-state index in [1.54, 1.807) is 0 Å². The number of carbonyl (C=O) groups excluding carboxylic acids is 2. The first-order valence-corrected chi connectivity index (χ1v) is 9.71. The normalized spacial score (nSPS) is 10.9. The molecular weight excluding hydrogens is 408 g/mol. The van der Waals surface area contributed by atoms with Gasteiger partial charge in [-0.1, -0.05) is 23.7 Å². The molecule has 9 heteroatoms. The number of benzene rings is 2. The van der Waals surface area contributed by atoms with Crippen LogP contribution in [0.5, 0.6) is 11.5 Å². The lowest BCUT2D eigenvalue weighted by Crippen LogP contribution is -2.42. The van der Waals surface area contributed by atoms with Gasteiger partial charge in [-0.15, -0.1) is 0 Å². The van der Waals surface area contributed by atoms with Crippen molar-refractivity contribution in [1.82, 2.24) is 20.4 Å². The van der Waals surface area contributed by atoms with Crippen molar-refractivity contribution in [3.63, 3.8) is 0 Å². The second kappa shape index (κ2) is 9.04. The number of rotatable bonds is 6. The van der Waals surface area contributed by atoms with E-state index < -0.39 is 11.8 Å². The minimum atomic E-state index is -0.537. The molecule has 30 heavy (non-hydrogen) atoms. The molecule has 0 atom stereocenters. The lowest BCUT2D eigenvalue weighted by Gasteiger charge is -2.16. The molecule has 0 saturated carbocycles. The molecule has 0 bridgehead atoms. The number of hydrogen-bond acceptors (Lipinski definition) is 5. The van der Waals surface area contributed by atoms with Crippen LogP contribution in [-0.4, -0.2) is 34.6 Å². The fourth-order valence-electron chi connectivity index (χ4n) is 2.94. The Balaban J connectivity index is 1.66. The van der Waals surface area contributed by atoms with Crippen LogP contribution < -0.4 is 20.3 Å². The second-order valence-electron chi connectivity index (χ2n) is 6.91. The maximum absolute atomic E-state index is 12.5. The van der Waals surface area contributed by atoms with E-state index in [2.05, 4.69) is 15.8 Å². The predicted molar refractivity (Wildman–Crippen MR) is 114 cm³/mol. The molecule has 2 amide bonds. The highest BCUT2D eigenvalue weighted by Crippen LogP contribution is 2.37. The molecule has 0 aliphatic rings. The summed E-state index contributed by atoms with van der Waals surface area (Å²) in [5.74, 6) is 0.330. The van der Waals surface area contributed by atoms with Crippen LogP contribution in [0.1, 0.15) is 30.0 Å². The van der Waals surface area contributed by atoms with Gasteiger partial charge in [-0.3, -0.25) is 20.4 Å². The van der Waals surface area contributed by atoms with Crippen LogP contribution in [0, 0.1) is 0 Å². The van der Waals surface area contributed by atoms with Gasteiger partial charge in [0.2, 0.25) is 5.91 Å². The molecule has 8 nitrogen and oxygen atoms in total. The van der Waals surface area contributed by atoms with Gasteiger partial charge in [0.1, 0.15) is 5.82 Å². The standard InChI is InChI=1S/C21H23ClN4O4/c1-12(2)30-20-14(22)9-13(10-17(20)29-4)21(28)25-24-19(27)11-18-23-15-7-5-6-8-16(15)26(18)3/h5-10,12H,11H2,1-4H3,(H,24,27)(H,25,28). The lowest BCUT2D eigenvalue weighted by atomic mass is 10.2. The summed E-state index contributed by atoms with van der Waals surface area (Å²) in [7, 11) is 3.30. The van der Waals surface area contributed by atoms with E-state index in [1.165, 1.54) is 19.2 Å². The summed E-state index contributed by atoms with van der Waals surface area (Å²) in [6.07, 6.45) is -0.102. The summed E-state index contributed by atoms with van der Waals surface area (Å²) in [4.78, 5) is 29.2. The van der Waals surface area contributed by atoms with E-state index >= 15 is 0 Å². The third-order valence-electron chi connectivity index (χ3n) is 4.36. The van der Waals surface area contributed by atoms with Gasteiger partial charge in [0.05, 0.1) is 35.7 Å². The van der Waals surface area contributed by atoms with Crippen molar-refractivity contribution < 1.29 is 19.1 Å². The fraction of sp³-hybridized carbons (Fsp3) is 0.286. The van der Waals surface area contributed by atoms with Gasteiger partial charge in [-0.25, -0.2) is 4.98 Å². The number of methoxy groups -OCH3 is 1. The van der Waals surface area contributed by atoms with Crippen molar-refractivity contribution in [3.8, 4) is 11.5 Å². The van der Waals surface area contributed by atoms with E-state index in [9.17, 15) is 9.59 Å². The van der Waals surface area contributed by atoms with Crippen molar-refractivity contribution in [1.29, 1.82) is 0 Å². The van der Waals surface area contributed by atoms with Gasteiger partial charge in [0.15, 0.2) is 11.5 Å². The number of carbonyl (C=O) groups is 2. The molecule has 0 spiro atoms. The highest BCUT2D eigenvalue weighted by molar-refractivity contribution is 6.32. The van der Waals surface area contributed by atoms with Crippen LogP contribution in [0.25, 0.3) is 11.0 Å². The fourth-order valence-corrected chi connectivity index (χ4v) is 3.20. The number of aryl methyl sites for hydroxylation is 1. The van der Waals surface area contributed by atoms with Crippen molar-refractivity contribution >= 4 is 34.4 Å². The first-order valence-electron chi connectivity index (χ1n) is 9.33. The van der Waals surface area contributed by atoms with Crippen molar-refractivity contribution in [2.45, 2.75) is 26.4 Å². The number of aromatic nitrogens is 2. The molecule has 0 aliphatic carbocycles. The monoisotopic (exact) mass is 430 g/mol. The Kier molecular flexibility index (Phi) is 6.47. The zero-order valence-electron chi connectivity index (χ0n) is 17.2. The zero-order valence-corrected chi connectivity index (χ0v) is 17.9. The van der Waals surface area contributed by atoms with Crippen molar-refractivity contribution in [2.75, 3.05) is 7.11 Å². The number of hydrazine groups is 1. The topological polar surface area (TPSA) is 94.5 Å². The number of hydrogen-bond donors (Lipinski definition) is 2. The van der Waals surface area contributed by atoms with Crippen LogP contribution in [0.15, 0.2) is 36.4 Å². The molecule has 0 fully saturated rings. The summed E-state index contributed by atoms with van der Waals surface area (Å²) in [5, 5.41) is 0.235. The Morgan fingerprint density at radius 1 is 1.20 bits per heavy atom. The van der Waals surface area contributed by atoms with Gasteiger partial charge in [-0.05, 0) is 38.1 Å². The average molecular weight is 431 g/mol. The van der Waals surface area contributed by atoms with E-state index in [4.69, 9.17) is 21.1 Å². The number of para-hydroxylation sites is 2. The number of amides is 2. The maximum atomic E-state index is 12.5. The Morgan fingerprint density at radius 2 is 1.93 bits per heavy atom. The minimum absolute atomic E-state index is 0.0106. The zero-order chi connectivity index (χ0) is 21.8. The first kappa shape index (κ1) is 21.4. The Morgan fingerprint density at radius 3 is 2.60 bits per heavy atom. The average Bonchev–Trinajstić information content (AvgIpc) is 3.02. The highest BCUT2D eigenvalue weighted by Gasteiger charge is 2.18. The molecule has 2 aromatic carbocycles. The smallest absolute Gasteiger partial charge is 0.269 e. The van der Waals surface area contributed by atoms with Crippen molar-refractivity contribution in [2.24, 2.45) is 7.05 Å². The highest BCUT2D eigenvalue weighted by atomic mass is 35.5. The van der Waals surface area contributed by atoms with Crippen LogP contribution in [0.3, 0.4) is 0 Å². The molecular formula is C21H23ClN4O4. The molecule has 0 aliphatic heterocycles. The molecule has 158 valence electrons. The molecule has 2 N–H and O–H groups in total. The van der Waals surface area contributed by atoms with Crippen LogP contribution in [-0.2, 0) is 18.3 Å². The maximum Gasteiger partial charge on any atom is 0.269 e. The number of nitrogens with one attached hydrogen (secondary N) is 2. The molecule has 0 radical (unpaired) electrons. The third kappa shape index (κ3) is 4.65. The minimum Gasteiger partial charge on any atom is -0.493 e. The summed E-state index contributed by atoms with van der Waals surface area (Å²) in [6.45, 7) is 3.72. The summed E-state index contributed by atoms with van der Waals surface area (Å²) in [6, 6.07) is 10.5. The quantitative estimate of drug-likeness (QED) is 0.586. The van der Waals surface area contributed by atoms with E-state index in [1.807, 2.05) is 49.7 Å². The van der Waals surface area contributed by atoms with Gasteiger partial charge in [-0.2, -0.15) is 0 Å². The second-order valence-corrected chi connectivity index (χ2v) is 7.32. The van der Waals surface area contributed by atoms with Gasteiger partial charge in [0.25, 0.3) is 5.91 Å². The number of nitrogens with zero attached hydrogens (tertiary/aromatic N) is 2. The summed E-state index contributed by atoms with van der Waals surface area (Å²) < 4.78 is 12.8. The molecule has 3 rings (SSSR count). The Hall–Kier alpha value is -3.26. The molecule has 0 unspecified atom stereocenters.